The third-order valence-electron chi connectivity index (χ3n) is 7.08. The average molecular weight is 517 g/mol. The van der Waals surface area contributed by atoms with Crippen LogP contribution < -0.4 is 0 Å². The molecule has 0 aromatic heterocycles. The van der Waals surface area contributed by atoms with Crippen LogP contribution in [0.2, 0.25) is 0 Å². The predicted octanol–water partition coefficient (Wildman–Crippen LogP) is 9.99. The number of unbranched alkanes of at least 4 members (excludes halogenated alkanes) is 18. The number of carbonyl (C=O) groups is 2. The van der Waals surface area contributed by atoms with Gasteiger partial charge in [-0.1, -0.05) is 148 Å². The molecule has 0 aliphatic heterocycles. The summed E-state index contributed by atoms with van der Waals surface area (Å²) in [5.74, 6) is -0.847. The highest BCUT2D eigenvalue weighted by Gasteiger charge is 2.24. The Morgan fingerprint density at radius 1 is 0.595 bits per heavy atom. The molecule has 1 unspecified atom stereocenters. The molecular formula is C33H56O4. The molecule has 0 saturated heterocycles. The summed E-state index contributed by atoms with van der Waals surface area (Å²) in [5, 5.41) is 0. The first-order chi connectivity index (χ1) is 18.2. The van der Waals surface area contributed by atoms with Gasteiger partial charge in [0.25, 0.3) is 0 Å². The highest BCUT2D eigenvalue weighted by atomic mass is 16.6. The second kappa shape index (κ2) is 24.5. The number of rotatable bonds is 25. The topological polar surface area (TPSA) is 52.6 Å². The smallest absolute Gasteiger partial charge is 0.347 e. The van der Waals surface area contributed by atoms with Crippen molar-refractivity contribution >= 4 is 11.9 Å². The quantitative estimate of drug-likeness (QED) is 0.0958. The second-order valence-corrected chi connectivity index (χ2v) is 10.6. The van der Waals surface area contributed by atoms with Crippen molar-refractivity contribution in [1.82, 2.24) is 0 Å². The van der Waals surface area contributed by atoms with Crippen LogP contribution in [-0.2, 0) is 14.3 Å². The van der Waals surface area contributed by atoms with Gasteiger partial charge in [0.1, 0.15) is 0 Å². The van der Waals surface area contributed by atoms with E-state index in [1.807, 2.05) is 6.07 Å². The molecule has 0 aliphatic carbocycles. The molecule has 0 N–H and O–H groups in total. The number of benzene rings is 1. The summed E-state index contributed by atoms with van der Waals surface area (Å²) >= 11 is 0. The van der Waals surface area contributed by atoms with Crippen LogP contribution in [0, 0.1) is 0 Å². The Bertz CT molecular complexity index is 658. The molecule has 212 valence electrons. The molecule has 1 aromatic carbocycles. The van der Waals surface area contributed by atoms with Gasteiger partial charge in [-0.3, -0.25) is 0 Å². The minimum Gasteiger partial charge on any atom is -0.463 e. The Hall–Kier alpha value is -1.84. The largest absolute Gasteiger partial charge is 0.463 e. The van der Waals surface area contributed by atoms with Crippen LogP contribution in [-0.4, -0.2) is 24.6 Å². The summed E-state index contributed by atoms with van der Waals surface area (Å²) in [6.45, 7) is 4.88. The van der Waals surface area contributed by atoms with Gasteiger partial charge in [-0.05, 0) is 31.4 Å². The van der Waals surface area contributed by atoms with E-state index in [0.717, 1.165) is 25.7 Å². The average Bonchev–Trinajstić information content (AvgIpc) is 2.92. The van der Waals surface area contributed by atoms with Crippen molar-refractivity contribution in [2.45, 2.75) is 155 Å². The summed E-state index contributed by atoms with van der Waals surface area (Å²) in [7, 11) is 0. The minimum absolute atomic E-state index is 0.396. The molecule has 0 spiro atoms. The van der Waals surface area contributed by atoms with Gasteiger partial charge in [-0.25, -0.2) is 9.59 Å². The molecule has 0 aliphatic rings. The van der Waals surface area contributed by atoms with Crippen LogP contribution in [0.1, 0.15) is 159 Å². The van der Waals surface area contributed by atoms with E-state index in [9.17, 15) is 9.59 Å². The Morgan fingerprint density at radius 3 is 1.51 bits per heavy atom. The van der Waals surface area contributed by atoms with E-state index in [2.05, 4.69) is 13.8 Å². The van der Waals surface area contributed by atoms with E-state index in [1.54, 1.807) is 24.3 Å². The van der Waals surface area contributed by atoms with Crippen LogP contribution >= 0.6 is 0 Å². The normalized spacial score (nSPS) is 11.8. The molecule has 1 aromatic rings. The number of esters is 2. The molecule has 1 atom stereocenters. The fourth-order valence-electron chi connectivity index (χ4n) is 4.67. The molecule has 1 rings (SSSR count). The molecule has 37 heavy (non-hydrogen) atoms. The SMILES string of the molecule is CCCCCCCCCCCCCCCCC(OC(=O)c1ccccc1)C(=O)OCCCCCCCC. The summed E-state index contributed by atoms with van der Waals surface area (Å²) in [6, 6.07) is 8.89. The standard InChI is InChI=1S/C33H56O4/c1-3-5-7-9-11-12-13-14-15-16-17-18-19-24-28-31(37-32(34)30-26-22-21-23-27-30)33(35)36-29-25-20-10-8-6-4-2/h21-23,26-27,31H,3-20,24-25,28-29H2,1-2H3. The molecule has 0 fully saturated rings. The third-order valence-corrected chi connectivity index (χ3v) is 7.08. The molecule has 0 saturated carbocycles. The lowest BCUT2D eigenvalue weighted by atomic mass is 10.0. The fraction of sp³-hybridized carbons (Fsp3) is 0.758. The van der Waals surface area contributed by atoms with Crippen molar-refractivity contribution in [3.63, 3.8) is 0 Å². The Kier molecular flexibility index (Phi) is 22.0. The van der Waals surface area contributed by atoms with Crippen LogP contribution in [0.25, 0.3) is 0 Å². The van der Waals surface area contributed by atoms with Crippen LogP contribution in [0.15, 0.2) is 30.3 Å². The first kappa shape index (κ1) is 33.2. The van der Waals surface area contributed by atoms with Crippen molar-refractivity contribution in [2.75, 3.05) is 6.61 Å². The Morgan fingerprint density at radius 2 is 1.03 bits per heavy atom. The van der Waals surface area contributed by atoms with E-state index in [4.69, 9.17) is 9.47 Å². The summed E-state index contributed by atoms with van der Waals surface area (Å²) in [6.07, 6.45) is 24.6. The zero-order valence-corrected chi connectivity index (χ0v) is 24.2. The van der Waals surface area contributed by atoms with Crippen molar-refractivity contribution in [3.8, 4) is 0 Å². The van der Waals surface area contributed by atoms with Gasteiger partial charge in [0, 0.05) is 0 Å². The first-order valence-corrected chi connectivity index (χ1v) is 15.6. The van der Waals surface area contributed by atoms with E-state index in [-0.39, 0.29) is 0 Å². The van der Waals surface area contributed by atoms with E-state index in [1.165, 1.54) is 103 Å². The Balaban J connectivity index is 2.24. The number of carbonyl (C=O) groups excluding carboxylic acids is 2. The van der Waals surface area contributed by atoms with Gasteiger partial charge in [0.05, 0.1) is 12.2 Å². The minimum atomic E-state index is -0.815. The maximum absolute atomic E-state index is 12.7. The molecular weight excluding hydrogens is 460 g/mol. The van der Waals surface area contributed by atoms with E-state index in [0.29, 0.717) is 18.6 Å². The van der Waals surface area contributed by atoms with Gasteiger partial charge in [-0.2, -0.15) is 0 Å². The number of hydrogen-bond acceptors (Lipinski definition) is 4. The zero-order valence-electron chi connectivity index (χ0n) is 24.2. The van der Waals surface area contributed by atoms with Crippen LogP contribution in [0.3, 0.4) is 0 Å². The van der Waals surface area contributed by atoms with Gasteiger partial charge < -0.3 is 9.47 Å². The molecule has 4 nitrogen and oxygen atoms in total. The molecule has 0 heterocycles. The summed E-state index contributed by atoms with van der Waals surface area (Å²) in [5.41, 5.74) is 0.470. The van der Waals surface area contributed by atoms with Crippen LogP contribution in [0.5, 0.6) is 0 Å². The van der Waals surface area contributed by atoms with Gasteiger partial charge in [0.15, 0.2) is 6.10 Å². The lowest BCUT2D eigenvalue weighted by Gasteiger charge is -2.17. The van der Waals surface area contributed by atoms with Crippen molar-refractivity contribution in [2.24, 2.45) is 0 Å². The van der Waals surface area contributed by atoms with E-state index < -0.39 is 18.0 Å². The maximum Gasteiger partial charge on any atom is 0.347 e. The highest BCUT2D eigenvalue weighted by molar-refractivity contribution is 5.91. The van der Waals surface area contributed by atoms with Crippen LogP contribution in [0.4, 0.5) is 0 Å². The lowest BCUT2D eigenvalue weighted by molar-refractivity contribution is -0.154. The summed E-state index contributed by atoms with van der Waals surface area (Å²) in [4.78, 5) is 25.3. The summed E-state index contributed by atoms with van der Waals surface area (Å²) < 4.78 is 11.1. The third kappa shape index (κ3) is 19.0. The predicted molar refractivity (Wildman–Crippen MR) is 155 cm³/mol. The van der Waals surface area contributed by atoms with Crippen molar-refractivity contribution in [3.05, 3.63) is 35.9 Å². The molecule has 0 radical (unpaired) electrons. The fourth-order valence-corrected chi connectivity index (χ4v) is 4.67. The van der Waals surface area contributed by atoms with Gasteiger partial charge in [0.2, 0.25) is 0 Å². The van der Waals surface area contributed by atoms with Crippen molar-refractivity contribution < 1.29 is 19.1 Å². The monoisotopic (exact) mass is 516 g/mol. The van der Waals surface area contributed by atoms with Gasteiger partial charge in [-0.15, -0.1) is 0 Å². The zero-order chi connectivity index (χ0) is 26.8. The second-order valence-electron chi connectivity index (χ2n) is 10.6. The number of ether oxygens (including phenoxy) is 2. The van der Waals surface area contributed by atoms with Gasteiger partial charge >= 0.3 is 11.9 Å². The highest BCUT2D eigenvalue weighted by Crippen LogP contribution is 2.16. The lowest BCUT2D eigenvalue weighted by Crippen LogP contribution is -2.29. The molecule has 0 amide bonds. The maximum atomic E-state index is 12.7. The van der Waals surface area contributed by atoms with Crippen molar-refractivity contribution in [1.29, 1.82) is 0 Å². The van der Waals surface area contributed by atoms with E-state index >= 15 is 0 Å². The molecule has 4 heteroatoms. The molecule has 0 bridgehead atoms. The number of hydrogen-bond donors (Lipinski definition) is 0. The Labute approximate surface area is 228 Å². The first-order valence-electron chi connectivity index (χ1n) is 15.6.